The van der Waals surface area contributed by atoms with Crippen LogP contribution in [-0.4, -0.2) is 6.10 Å². The van der Waals surface area contributed by atoms with Gasteiger partial charge in [-0.25, -0.2) is 4.39 Å². The summed E-state index contributed by atoms with van der Waals surface area (Å²) in [5.74, 6) is 0.658. The highest BCUT2D eigenvalue weighted by Gasteiger charge is 2.08. The molecule has 1 unspecified atom stereocenters. The van der Waals surface area contributed by atoms with Crippen LogP contribution in [0.3, 0.4) is 0 Å². The third-order valence-electron chi connectivity index (χ3n) is 3.06. The maximum Gasteiger partial charge on any atom is 0.124 e. The van der Waals surface area contributed by atoms with Gasteiger partial charge in [-0.1, -0.05) is 12.1 Å². The van der Waals surface area contributed by atoms with Crippen LogP contribution in [0.25, 0.3) is 0 Å². The Labute approximate surface area is 138 Å². The minimum atomic E-state index is -0.215. The number of benzene rings is 2. The molecule has 112 valence electrons. The predicted octanol–water partition coefficient (Wildman–Crippen LogP) is 5.39. The van der Waals surface area contributed by atoms with Gasteiger partial charge in [0.2, 0.25) is 0 Å². The molecule has 0 amide bonds. The van der Waals surface area contributed by atoms with E-state index < -0.39 is 0 Å². The van der Waals surface area contributed by atoms with E-state index in [9.17, 15) is 4.39 Å². The first kappa shape index (κ1) is 16.1. The first-order chi connectivity index (χ1) is 9.95. The fourth-order valence-electron chi connectivity index (χ4n) is 2.03. The summed E-state index contributed by atoms with van der Waals surface area (Å²) in [4.78, 5) is 0. The summed E-state index contributed by atoms with van der Waals surface area (Å²) in [6.07, 6.45) is 0.173. The number of ether oxygens (including phenoxy) is 1. The average Bonchev–Trinajstić information content (AvgIpc) is 2.42. The zero-order valence-corrected chi connectivity index (χ0v) is 14.5. The smallest absolute Gasteiger partial charge is 0.124 e. The summed E-state index contributed by atoms with van der Waals surface area (Å²) in [6, 6.07) is 12.9. The number of hydrogen-bond acceptors (Lipinski definition) is 2. The van der Waals surface area contributed by atoms with Crippen LogP contribution in [0.5, 0.6) is 5.75 Å². The van der Waals surface area contributed by atoms with Gasteiger partial charge in [-0.3, -0.25) is 0 Å². The van der Waals surface area contributed by atoms with Crippen molar-refractivity contribution in [1.29, 1.82) is 0 Å². The first-order valence-electron chi connectivity index (χ1n) is 6.94. The Kier molecular flexibility index (Phi) is 5.45. The summed E-state index contributed by atoms with van der Waals surface area (Å²) >= 11 is 2.13. The van der Waals surface area contributed by atoms with Crippen molar-refractivity contribution in [3.8, 4) is 5.75 Å². The van der Waals surface area contributed by atoms with Gasteiger partial charge in [0.05, 0.1) is 6.10 Å². The number of anilines is 1. The molecule has 0 aromatic heterocycles. The summed E-state index contributed by atoms with van der Waals surface area (Å²) in [7, 11) is 0. The van der Waals surface area contributed by atoms with Gasteiger partial charge in [0.15, 0.2) is 0 Å². The molecule has 1 atom stereocenters. The number of rotatable bonds is 5. The van der Waals surface area contributed by atoms with Gasteiger partial charge in [0.25, 0.3) is 0 Å². The minimum absolute atomic E-state index is 0.136. The van der Waals surface area contributed by atoms with Gasteiger partial charge in [0.1, 0.15) is 11.6 Å². The zero-order valence-electron chi connectivity index (χ0n) is 12.4. The average molecular weight is 399 g/mol. The molecular weight excluding hydrogens is 380 g/mol. The lowest BCUT2D eigenvalue weighted by atomic mass is 10.1. The summed E-state index contributed by atoms with van der Waals surface area (Å²) in [5, 5.41) is 3.40. The van der Waals surface area contributed by atoms with E-state index in [2.05, 4.69) is 34.8 Å². The van der Waals surface area contributed by atoms with Crippen LogP contribution < -0.4 is 10.1 Å². The molecule has 1 N–H and O–H groups in total. The summed E-state index contributed by atoms with van der Waals surface area (Å²) in [6.45, 7) is 6.10. The fourth-order valence-corrected chi connectivity index (χ4v) is 2.66. The van der Waals surface area contributed by atoms with Crippen LogP contribution in [0.1, 0.15) is 32.4 Å². The van der Waals surface area contributed by atoms with Crippen molar-refractivity contribution >= 4 is 28.3 Å². The van der Waals surface area contributed by atoms with Crippen molar-refractivity contribution in [3.63, 3.8) is 0 Å². The van der Waals surface area contributed by atoms with E-state index >= 15 is 0 Å². The highest BCUT2D eigenvalue weighted by atomic mass is 127. The minimum Gasteiger partial charge on any atom is -0.491 e. The molecule has 4 heteroatoms. The van der Waals surface area contributed by atoms with Crippen molar-refractivity contribution < 1.29 is 9.13 Å². The van der Waals surface area contributed by atoms with Crippen LogP contribution in [0.15, 0.2) is 42.5 Å². The maximum atomic E-state index is 13.1. The monoisotopic (exact) mass is 399 g/mol. The molecule has 2 aromatic carbocycles. The molecule has 0 saturated heterocycles. The van der Waals surface area contributed by atoms with Crippen LogP contribution in [0.2, 0.25) is 0 Å². The number of nitrogens with one attached hydrogen (secondary N) is 1. The normalized spacial score (nSPS) is 12.3. The SMILES string of the molecule is CC(C)Oc1ccc(C(C)Nc2ccc(F)cc2I)cc1. The van der Waals surface area contributed by atoms with Gasteiger partial charge in [-0.05, 0) is 79.3 Å². The van der Waals surface area contributed by atoms with Crippen molar-refractivity contribution in [2.45, 2.75) is 32.9 Å². The lowest BCUT2D eigenvalue weighted by Crippen LogP contribution is -2.09. The Bertz CT molecular complexity index is 598. The van der Waals surface area contributed by atoms with E-state index in [0.717, 1.165) is 20.6 Å². The molecule has 0 saturated carbocycles. The van der Waals surface area contributed by atoms with Crippen molar-refractivity contribution in [1.82, 2.24) is 0 Å². The second kappa shape index (κ2) is 7.11. The lowest BCUT2D eigenvalue weighted by molar-refractivity contribution is 0.242. The Morgan fingerprint density at radius 1 is 1.05 bits per heavy atom. The molecule has 0 aliphatic carbocycles. The Hall–Kier alpha value is -1.30. The van der Waals surface area contributed by atoms with E-state index in [1.807, 2.05) is 38.1 Å². The van der Waals surface area contributed by atoms with E-state index in [0.29, 0.717) is 0 Å². The van der Waals surface area contributed by atoms with Gasteiger partial charge in [-0.15, -0.1) is 0 Å². The molecule has 0 radical (unpaired) electrons. The molecule has 21 heavy (non-hydrogen) atoms. The van der Waals surface area contributed by atoms with Crippen LogP contribution >= 0.6 is 22.6 Å². The van der Waals surface area contributed by atoms with Crippen molar-refractivity contribution in [2.24, 2.45) is 0 Å². The molecule has 0 heterocycles. The second-order valence-corrected chi connectivity index (χ2v) is 6.39. The van der Waals surface area contributed by atoms with Gasteiger partial charge >= 0.3 is 0 Å². The second-order valence-electron chi connectivity index (χ2n) is 5.23. The van der Waals surface area contributed by atoms with Crippen molar-refractivity contribution in [2.75, 3.05) is 5.32 Å². The standard InChI is InChI=1S/C17H19FINO/c1-11(2)21-15-7-4-13(5-8-15)12(3)20-17-9-6-14(18)10-16(17)19/h4-12,20H,1-3H3. The summed E-state index contributed by atoms with van der Waals surface area (Å²) < 4.78 is 19.6. The van der Waals surface area contributed by atoms with E-state index in [1.165, 1.54) is 12.1 Å². The van der Waals surface area contributed by atoms with Crippen LogP contribution in [0.4, 0.5) is 10.1 Å². The lowest BCUT2D eigenvalue weighted by Gasteiger charge is -2.18. The predicted molar refractivity (Wildman–Crippen MR) is 93.4 cm³/mol. The van der Waals surface area contributed by atoms with Crippen LogP contribution in [0, 0.1) is 9.39 Å². The van der Waals surface area contributed by atoms with E-state index in [4.69, 9.17) is 4.74 Å². The summed E-state index contributed by atoms with van der Waals surface area (Å²) in [5.41, 5.74) is 2.10. The molecule has 0 aliphatic rings. The van der Waals surface area contributed by atoms with Gasteiger partial charge in [0, 0.05) is 15.3 Å². The molecule has 2 aromatic rings. The molecule has 0 bridgehead atoms. The largest absolute Gasteiger partial charge is 0.491 e. The topological polar surface area (TPSA) is 21.3 Å². The maximum absolute atomic E-state index is 13.1. The first-order valence-corrected chi connectivity index (χ1v) is 8.02. The molecule has 2 nitrogen and oxygen atoms in total. The quantitative estimate of drug-likeness (QED) is 0.681. The van der Waals surface area contributed by atoms with Crippen molar-refractivity contribution in [3.05, 3.63) is 57.4 Å². The Morgan fingerprint density at radius 3 is 2.29 bits per heavy atom. The van der Waals surface area contributed by atoms with Gasteiger partial charge in [-0.2, -0.15) is 0 Å². The third kappa shape index (κ3) is 4.59. The van der Waals surface area contributed by atoms with Crippen LogP contribution in [-0.2, 0) is 0 Å². The zero-order chi connectivity index (χ0) is 15.4. The molecule has 0 spiro atoms. The fraction of sp³-hybridized carbons (Fsp3) is 0.294. The van der Waals surface area contributed by atoms with E-state index in [1.54, 1.807) is 6.07 Å². The Balaban J connectivity index is 2.07. The molecule has 0 fully saturated rings. The molecule has 2 rings (SSSR count). The van der Waals surface area contributed by atoms with E-state index in [-0.39, 0.29) is 18.0 Å². The molecular formula is C17H19FINO. The van der Waals surface area contributed by atoms with Gasteiger partial charge < -0.3 is 10.1 Å². The Morgan fingerprint density at radius 2 is 1.71 bits per heavy atom. The third-order valence-corrected chi connectivity index (χ3v) is 3.95. The highest BCUT2D eigenvalue weighted by molar-refractivity contribution is 14.1. The molecule has 0 aliphatic heterocycles. The number of halogens is 2. The highest BCUT2D eigenvalue weighted by Crippen LogP contribution is 2.25. The number of hydrogen-bond donors (Lipinski definition) is 1.